The fourth-order valence-corrected chi connectivity index (χ4v) is 4.64. The molecule has 4 rings (SSSR count). The first-order valence-electron chi connectivity index (χ1n) is 11.4. The van der Waals surface area contributed by atoms with E-state index < -0.39 is 5.82 Å². The fraction of sp³-hybridized carbons (Fsp3) is 0.609. The van der Waals surface area contributed by atoms with E-state index >= 15 is 0 Å². The number of urea groups is 1. The second kappa shape index (κ2) is 9.66. The molecule has 1 saturated carbocycles. The SMILES string of the molecule is O=C(NC[C@@H]1CCCN(C(=O)[C@H]2CCCN(C(=O)C3CC3)C2)C1)Nc1cccc(F)c1. The van der Waals surface area contributed by atoms with E-state index in [-0.39, 0.29) is 35.6 Å². The third-order valence-corrected chi connectivity index (χ3v) is 6.47. The van der Waals surface area contributed by atoms with Crippen LogP contribution in [0.4, 0.5) is 14.9 Å². The van der Waals surface area contributed by atoms with Crippen molar-refractivity contribution in [2.45, 2.75) is 38.5 Å². The molecule has 168 valence electrons. The molecule has 2 N–H and O–H groups in total. The van der Waals surface area contributed by atoms with Crippen molar-refractivity contribution in [3.05, 3.63) is 30.1 Å². The van der Waals surface area contributed by atoms with Gasteiger partial charge in [-0.3, -0.25) is 9.59 Å². The molecule has 0 radical (unpaired) electrons. The molecule has 0 bridgehead atoms. The molecule has 2 heterocycles. The van der Waals surface area contributed by atoms with Gasteiger partial charge in [0.25, 0.3) is 0 Å². The van der Waals surface area contributed by atoms with Crippen LogP contribution in [-0.2, 0) is 9.59 Å². The van der Waals surface area contributed by atoms with Crippen molar-refractivity contribution in [2.75, 3.05) is 38.0 Å². The number of nitrogens with one attached hydrogen (secondary N) is 2. The largest absolute Gasteiger partial charge is 0.342 e. The van der Waals surface area contributed by atoms with Gasteiger partial charge in [0.05, 0.1) is 5.92 Å². The van der Waals surface area contributed by atoms with E-state index in [9.17, 15) is 18.8 Å². The minimum Gasteiger partial charge on any atom is -0.342 e. The first-order valence-corrected chi connectivity index (χ1v) is 11.4. The van der Waals surface area contributed by atoms with Crippen LogP contribution in [0.1, 0.15) is 38.5 Å². The predicted octanol–water partition coefficient (Wildman–Crippen LogP) is 2.83. The highest BCUT2D eigenvalue weighted by Gasteiger charge is 2.38. The zero-order valence-corrected chi connectivity index (χ0v) is 17.8. The summed E-state index contributed by atoms with van der Waals surface area (Å²) < 4.78 is 13.2. The van der Waals surface area contributed by atoms with Gasteiger partial charge in [0.1, 0.15) is 5.82 Å². The van der Waals surface area contributed by atoms with Crippen LogP contribution in [0.25, 0.3) is 0 Å². The van der Waals surface area contributed by atoms with Gasteiger partial charge in [-0.2, -0.15) is 0 Å². The first-order chi connectivity index (χ1) is 15.0. The highest BCUT2D eigenvalue weighted by molar-refractivity contribution is 5.89. The summed E-state index contributed by atoms with van der Waals surface area (Å²) in [5, 5.41) is 5.47. The maximum atomic E-state index is 13.2. The maximum absolute atomic E-state index is 13.2. The smallest absolute Gasteiger partial charge is 0.319 e. The normalized spacial score (nSPS) is 23.9. The number of hydrogen-bond acceptors (Lipinski definition) is 3. The summed E-state index contributed by atoms with van der Waals surface area (Å²) in [6.07, 6.45) is 5.54. The van der Waals surface area contributed by atoms with Crippen molar-refractivity contribution < 1.29 is 18.8 Å². The van der Waals surface area contributed by atoms with Gasteiger partial charge in [-0.15, -0.1) is 0 Å². The van der Waals surface area contributed by atoms with E-state index in [2.05, 4.69) is 10.6 Å². The van der Waals surface area contributed by atoms with Gasteiger partial charge >= 0.3 is 6.03 Å². The van der Waals surface area contributed by atoms with Crippen LogP contribution in [0.15, 0.2) is 24.3 Å². The average Bonchev–Trinajstić information content (AvgIpc) is 3.62. The third kappa shape index (κ3) is 5.74. The van der Waals surface area contributed by atoms with Crippen molar-refractivity contribution in [3.8, 4) is 0 Å². The molecule has 0 unspecified atom stereocenters. The van der Waals surface area contributed by atoms with Crippen LogP contribution < -0.4 is 10.6 Å². The number of nitrogens with zero attached hydrogens (tertiary/aromatic N) is 2. The second-order valence-electron chi connectivity index (χ2n) is 9.04. The zero-order chi connectivity index (χ0) is 21.8. The first kappa shape index (κ1) is 21.6. The molecule has 1 aliphatic carbocycles. The van der Waals surface area contributed by atoms with E-state index in [1.165, 1.54) is 12.1 Å². The Labute approximate surface area is 182 Å². The number of anilines is 1. The molecule has 3 aliphatic rings. The Morgan fingerprint density at radius 1 is 0.935 bits per heavy atom. The van der Waals surface area contributed by atoms with E-state index in [4.69, 9.17) is 0 Å². The lowest BCUT2D eigenvalue weighted by atomic mass is 9.92. The average molecular weight is 431 g/mol. The number of carbonyl (C=O) groups is 3. The summed E-state index contributed by atoms with van der Waals surface area (Å²) in [6.45, 7) is 3.13. The number of carbonyl (C=O) groups excluding carboxylic acids is 3. The minimum atomic E-state index is -0.403. The minimum absolute atomic E-state index is 0.112. The lowest BCUT2D eigenvalue weighted by Crippen LogP contribution is -2.50. The van der Waals surface area contributed by atoms with E-state index in [0.717, 1.165) is 51.6 Å². The number of amides is 4. The summed E-state index contributed by atoms with van der Waals surface area (Å²) in [7, 11) is 0. The topological polar surface area (TPSA) is 81.8 Å². The van der Waals surface area contributed by atoms with Gasteiger partial charge in [-0.1, -0.05) is 6.07 Å². The van der Waals surface area contributed by atoms with Gasteiger partial charge < -0.3 is 20.4 Å². The van der Waals surface area contributed by atoms with Gasteiger partial charge in [-0.05, 0) is 62.6 Å². The summed E-state index contributed by atoms with van der Waals surface area (Å²) in [5.41, 5.74) is 0.403. The molecule has 2 aliphatic heterocycles. The standard InChI is InChI=1S/C23H31FN4O3/c24-19-6-1-7-20(12-19)26-23(31)25-13-16-4-2-10-27(14-16)22(30)18-5-3-11-28(15-18)21(29)17-8-9-17/h1,6-7,12,16-18H,2-5,8-11,13-15H2,(H2,25,26,31)/t16-,18-/m0/s1. The highest BCUT2D eigenvalue weighted by Crippen LogP contribution is 2.33. The number of piperidine rings is 2. The monoisotopic (exact) mass is 430 g/mol. The van der Waals surface area contributed by atoms with Crippen molar-refractivity contribution in [1.29, 1.82) is 0 Å². The second-order valence-corrected chi connectivity index (χ2v) is 9.04. The molecular formula is C23H31FN4O3. The zero-order valence-electron chi connectivity index (χ0n) is 17.8. The van der Waals surface area contributed by atoms with Crippen molar-refractivity contribution >= 4 is 23.5 Å². The Morgan fingerprint density at radius 3 is 2.39 bits per heavy atom. The van der Waals surface area contributed by atoms with Crippen molar-refractivity contribution in [2.24, 2.45) is 17.8 Å². The fourth-order valence-electron chi connectivity index (χ4n) is 4.64. The van der Waals surface area contributed by atoms with Crippen molar-refractivity contribution in [1.82, 2.24) is 15.1 Å². The molecular weight excluding hydrogens is 399 g/mol. The van der Waals surface area contributed by atoms with Crippen LogP contribution in [0, 0.1) is 23.6 Å². The Bertz CT molecular complexity index is 829. The Morgan fingerprint density at radius 2 is 1.65 bits per heavy atom. The lowest BCUT2D eigenvalue weighted by Gasteiger charge is -2.38. The molecule has 2 atom stereocenters. The molecule has 0 spiro atoms. The van der Waals surface area contributed by atoms with Crippen LogP contribution in [0.5, 0.6) is 0 Å². The molecule has 7 nitrogen and oxygen atoms in total. The molecule has 8 heteroatoms. The van der Waals surface area contributed by atoms with Crippen molar-refractivity contribution in [3.63, 3.8) is 0 Å². The molecule has 0 aromatic heterocycles. The number of likely N-dealkylation sites (tertiary alicyclic amines) is 2. The van der Waals surface area contributed by atoms with E-state index in [1.54, 1.807) is 12.1 Å². The molecule has 1 aromatic carbocycles. The Kier molecular flexibility index (Phi) is 6.73. The van der Waals surface area contributed by atoms with Crippen LogP contribution >= 0.6 is 0 Å². The van der Waals surface area contributed by atoms with Gasteiger partial charge in [0, 0.05) is 44.3 Å². The molecule has 2 saturated heterocycles. The lowest BCUT2D eigenvalue weighted by molar-refractivity contribution is -0.142. The summed E-state index contributed by atoms with van der Waals surface area (Å²) in [5.74, 6) is 0.227. The van der Waals surface area contributed by atoms with Crippen LogP contribution in [-0.4, -0.2) is 60.4 Å². The molecule has 31 heavy (non-hydrogen) atoms. The Hall–Kier alpha value is -2.64. The summed E-state index contributed by atoms with van der Waals surface area (Å²) >= 11 is 0. The number of benzene rings is 1. The van der Waals surface area contributed by atoms with Gasteiger partial charge in [-0.25, -0.2) is 9.18 Å². The maximum Gasteiger partial charge on any atom is 0.319 e. The molecule has 4 amide bonds. The summed E-state index contributed by atoms with van der Waals surface area (Å²) in [6, 6.07) is 5.38. The predicted molar refractivity (Wildman–Crippen MR) is 115 cm³/mol. The number of rotatable bonds is 5. The van der Waals surface area contributed by atoms with E-state index in [1.807, 2.05) is 9.80 Å². The number of halogens is 1. The van der Waals surface area contributed by atoms with Gasteiger partial charge in [0.15, 0.2) is 0 Å². The third-order valence-electron chi connectivity index (χ3n) is 6.47. The molecule has 1 aromatic rings. The van der Waals surface area contributed by atoms with E-state index in [0.29, 0.717) is 25.3 Å². The highest BCUT2D eigenvalue weighted by atomic mass is 19.1. The molecule has 3 fully saturated rings. The number of hydrogen-bond donors (Lipinski definition) is 2. The Balaban J connectivity index is 1.24. The van der Waals surface area contributed by atoms with Gasteiger partial charge in [0.2, 0.25) is 11.8 Å². The summed E-state index contributed by atoms with van der Waals surface area (Å²) in [4.78, 5) is 41.4. The van der Waals surface area contributed by atoms with Crippen LogP contribution in [0.3, 0.4) is 0 Å². The quantitative estimate of drug-likeness (QED) is 0.754. The van der Waals surface area contributed by atoms with Crippen LogP contribution in [0.2, 0.25) is 0 Å².